The third-order valence-corrected chi connectivity index (χ3v) is 8.52. The lowest BCUT2D eigenvalue weighted by molar-refractivity contribution is -0.114. The number of anilines is 2. The molecule has 2 aromatic carbocycles. The summed E-state index contributed by atoms with van der Waals surface area (Å²) in [5.74, 6) is -0.115. The summed E-state index contributed by atoms with van der Waals surface area (Å²) in [5, 5.41) is 2.86. The Morgan fingerprint density at radius 3 is 2.20 bits per heavy atom. The van der Waals surface area contributed by atoms with E-state index in [9.17, 15) is 21.6 Å². The predicted molar refractivity (Wildman–Crippen MR) is 131 cm³/mol. The summed E-state index contributed by atoms with van der Waals surface area (Å²) in [6.45, 7) is 0.511. The second-order valence-electron chi connectivity index (χ2n) is 7.52. The van der Waals surface area contributed by atoms with Crippen molar-refractivity contribution >= 4 is 48.9 Å². The number of carbonyl (C=O) groups excluding carboxylic acids is 1. The standard InChI is InChI=1S/C21H26ClN3O8S2/c1-31-19-13-18(20(32-2)12-17(19)22)23-21(26)14-25(34(3,27)28)15-4-6-16(7-5-15)35(29,30)24-8-10-33-11-9-24/h4-7,12-13H,8-11,14H2,1-3H3,(H,23,26). The van der Waals surface area contributed by atoms with E-state index in [0.29, 0.717) is 19.0 Å². The molecule has 1 fully saturated rings. The second-order valence-corrected chi connectivity index (χ2v) is 11.8. The Hall–Kier alpha value is -2.58. The number of carbonyl (C=O) groups is 1. The van der Waals surface area contributed by atoms with Gasteiger partial charge in [0.25, 0.3) is 0 Å². The lowest BCUT2D eigenvalue weighted by Gasteiger charge is -2.26. The van der Waals surface area contributed by atoms with Crippen molar-refractivity contribution < 1.29 is 35.8 Å². The van der Waals surface area contributed by atoms with Gasteiger partial charge in [0.1, 0.15) is 18.0 Å². The molecule has 0 saturated carbocycles. The number of rotatable bonds is 9. The van der Waals surface area contributed by atoms with Crippen LogP contribution in [0.4, 0.5) is 11.4 Å². The van der Waals surface area contributed by atoms with Crippen LogP contribution in [0.15, 0.2) is 41.3 Å². The van der Waals surface area contributed by atoms with Crippen LogP contribution in [-0.4, -0.2) is 80.4 Å². The molecule has 0 atom stereocenters. The van der Waals surface area contributed by atoms with Gasteiger partial charge in [0, 0.05) is 25.2 Å². The van der Waals surface area contributed by atoms with Gasteiger partial charge in [-0.25, -0.2) is 16.8 Å². The number of sulfonamides is 2. The normalized spacial score (nSPS) is 14.9. The van der Waals surface area contributed by atoms with Crippen molar-refractivity contribution in [1.29, 1.82) is 0 Å². The first-order chi connectivity index (χ1) is 16.5. The third-order valence-electron chi connectivity index (χ3n) is 5.17. The predicted octanol–water partition coefficient (Wildman–Crippen LogP) is 1.78. The minimum atomic E-state index is -3.89. The Bertz CT molecular complexity index is 1280. The summed E-state index contributed by atoms with van der Waals surface area (Å²) in [4.78, 5) is 12.8. The van der Waals surface area contributed by atoms with Crippen LogP contribution in [0.25, 0.3) is 0 Å². The Labute approximate surface area is 209 Å². The van der Waals surface area contributed by atoms with Crippen molar-refractivity contribution in [3.05, 3.63) is 41.4 Å². The molecule has 2 aromatic rings. The zero-order chi connectivity index (χ0) is 25.8. The van der Waals surface area contributed by atoms with Crippen molar-refractivity contribution in [3.8, 4) is 11.5 Å². The molecule has 11 nitrogen and oxygen atoms in total. The van der Waals surface area contributed by atoms with Crippen LogP contribution in [0.3, 0.4) is 0 Å². The number of halogens is 1. The topological polar surface area (TPSA) is 132 Å². The molecule has 0 aromatic heterocycles. The van der Waals surface area contributed by atoms with E-state index in [-0.39, 0.29) is 40.1 Å². The van der Waals surface area contributed by atoms with E-state index in [1.165, 1.54) is 54.9 Å². The van der Waals surface area contributed by atoms with Crippen LogP contribution in [0.1, 0.15) is 0 Å². The molecule has 1 aliphatic rings. The second kappa shape index (κ2) is 11.0. The Morgan fingerprint density at radius 2 is 1.66 bits per heavy atom. The number of amides is 1. The van der Waals surface area contributed by atoms with Gasteiger partial charge >= 0.3 is 0 Å². The molecule has 1 heterocycles. The lowest BCUT2D eigenvalue weighted by atomic mass is 10.2. The lowest BCUT2D eigenvalue weighted by Crippen LogP contribution is -2.40. The highest BCUT2D eigenvalue weighted by Crippen LogP contribution is 2.36. The average molecular weight is 548 g/mol. The quantitative estimate of drug-likeness (QED) is 0.502. The number of morpholine rings is 1. The third kappa shape index (κ3) is 6.35. The van der Waals surface area contributed by atoms with Crippen molar-refractivity contribution in [1.82, 2.24) is 4.31 Å². The number of hydrogen-bond donors (Lipinski definition) is 1. The highest BCUT2D eigenvalue weighted by Gasteiger charge is 2.27. The van der Waals surface area contributed by atoms with E-state index in [1.807, 2.05) is 0 Å². The summed E-state index contributed by atoms with van der Waals surface area (Å²) >= 11 is 6.08. The van der Waals surface area contributed by atoms with Crippen LogP contribution in [0.5, 0.6) is 11.5 Å². The highest BCUT2D eigenvalue weighted by atomic mass is 35.5. The van der Waals surface area contributed by atoms with E-state index in [2.05, 4.69) is 5.32 Å². The molecular weight excluding hydrogens is 522 g/mol. The van der Waals surface area contributed by atoms with Gasteiger partial charge in [-0.3, -0.25) is 9.10 Å². The van der Waals surface area contributed by atoms with E-state index >= 15 is 0 Å². The van der Waals surface area contributed by atoms with E-state index in [4.69, 9.17) is 25.8 Å². The molecule has 3 rings (SSSR count). The molecule has 1 saturated heterocycles. The van der Waals surface area contributed by atoms with Gasteiger partial charge in [0.05, 0.1) is 55.0 Å². The number of nitrogens with zero attached hydrogens (tertiary/aromatic N) is 2. The molecule has 14 heteroatoms. The van der Waals surface area contributed by atoms with Gasteiger partial charge in [0.15, 0.2) is 0 Å². The van der Waals surface area contributed by atoms with Crippen LogP contribution < -0.4 is 19.1 Å². The molecular formula is C21H26ClN3O8S2. The molecule has 192 valence electrons. The summed E-state index contributed by atoms with van der Waals surface area (Å²) in [5.41, 5.74) is 0.364. The van der Waals surface area contributed by atoms with Gasteiger partial charge in [0.2, 0.25) is 26.0 Å². The molecule has 1 amide bonds. The molecule has 35 heavy (non-hydrogen) atoms. The Kier molecular flexibility index (Phi) is 8.49. The fraction of sp³-hybridized carbons (Fsp3) is 0.381. The smallest absolute Gasteiger partial charge is 0.245 e. The Balaban J connectivity index is 1.82. The van der Waals surface area contributed by atoms with Gasteiger partial charge in [-0.15, -0.1) is 0 Å². The van der Waals surface area contributed by atoms with E-state index in [1.54, 1.807) is 0 Å². The maximum atomic E-state index is 12.8. The molecule has 0 aliphatic carbocycles. The van der Waals surface area contributed by atoms with Crippen LogP contribution in [0.2, 0.25) is 5.02 Å². The molecule has 0 spiro atoms. The molecule has 1 N–H and O–H groups in total. The summed E-state index contributed by atoms with van der Waals surface area (Å²) in [6.07, 6.45) is 0.949. The number of ether oxygens (including phenoxy) is 3. The van der Waals surface area contributed by atoms with E-state index < -0.39 is 32.5 Å². The van der Waals surface area contributed by atoms with E-state index in [0.717, 1.165) is 10.6 Å². The molecule has 0 radical (unpaired) electrons. The van der Waals surface area contributed by atoms with Gasteiger partial charge in [-0.1, -0.05) is 11.6 Å². The largest absolute Gasteiger partial charge is 0.495 e. The fourth-order valence-electron chi connectivity index (χ4n) is 3.40. The SMILES string of the molecule is COc1cc(NC(=O)CN(c2ccc(S(=O)(=O)N3CCOCC3)cc2)S(C)(=O)=O)c(OC)cc1Cl. The number of nitrogens with one attached hydrogen (secondary N) is 1. The maximum Gasteiger partial charge on any atom is 0.245 e. The van der Waals surface area contributed by atoms with Crippen molar-refractivity contribution in [2.75, 3.05) is 62.9 Å². The van der Waals surface area contributed by atoms with Crippen molar-refractivity contribution in [2.24, 2.45) is 0 Å². The van der Waals surface area contributed by atoms with Gasteiger partial charge in [-0.05, 0) is 24.3 Å². The first-order valence-electron chi connectivity index (χ1n) is 10.3. The van der Waals surface area contributed by atoms with Gasteiger partial charge in [-0.2, -0.15) is 4.31 Å². The van der Waals surface area contributed by atoms with Gasteiger partial charge < -0.3 is 19.5 Å². The van der Waals surface area contributed by atoms with Crippen LogP contribution >= 0.6 is 11.6 Å². The average Bonchev–Trinajstić information content (AvgIpc) is 2.83. The van der Waals surface area contributed by atoms with Crippen molar-refractivity contribution in [2.45, 2.75) is 4.90 Å². The minimum Gasteiger partial charge on any atom is -0.495 e. The van der Waals surface area contributed by atoms with Crippen LogP contribution in [-0.2, 0) is 29.6 Å². The number of methoxy groups -OCH3 is 2. The highest BCUT2D eigenvalue weighted by molar-refractivity contribution is 7.92. The molecule has 0 bridgehead atoms. The first kappa shape index (κ1) is 27.0. The zero-order valence-corrected chi connectivity index (χ0v) is 21.7. The summed E-state index contributed by atoms with van der Waals surface area (Å²) in [6, 6.07) is 8.21. The zero-order valence-electron chi connectivity index (χ0n) is 19.4. The molecule has 1 aliphatic heterocycles. The summed E-state index contributed by atoms with van der Waals surface area (Å²) in [7, 11) is -4.84. The fourth-order valence-corrected chi connectivity index (χ4v) is 5.89. The molecule has 0 unspecified atom stereocenters. The van der Waals surface area contributed by atoms with Crippen molar-refractivity contribution in [3.63, 3.8) is 0 Å². The number of benzene rings is 2. The first-order valence-corrected chi connectivity index (χ1v) is 14.0. The summed E-state index contributed by atoms with van der Waals surface area (Å²) < 4.78 is 68.3. The Morgan fingerprint density at radius 1 is 1.06 bits per heavy atom. The number of hydrogen-bond acceptors (Lipinski definition) is 8. The monoisotopic (exact) mass is 547 g/mol. The maximum absolute atomic E-state index is 12.8. The minimum absolute atomic E-state index is 0.0130. The van der Waals surface area contributed by atoms with Crippen LogP contribution in [0, 0.1) is 0 Å².